The number of carboxylic acids is 1. The van der Waals surface area contributed by atoms with Crippen LogP contribution in [-0.4, -0.2) is 32.0 Å². The van der Waals surface area contributed by atoms with E-state index in [4.69, 9.17) is 5.11 Å². The third kappa shape index (κ3) is 2.98. The van der Waals surface area contributed by atoms with Gasteiger partial charge in [-0.1, -0.05) is 12.1 Å². The molecule has 7 nitrogen and oxygen atoms in total. The Kier molecular flexibility index (Phi) is 4.06. The van der Waals surface area contributed by atoms with Gasteiger partial charge < -0.3 is 10.4 Å². The number of nitrogens with zero attached hydrogens (tertiary/aromatic N) is 3. The van der Waals surface area contributed by atoms with Crippen LogP contribution in [0.25, 0.3) is 16.7 Å². The number of carbonyl (C=O) groups is 2. The first-order valence-electron chi connectivity index (χ1n) is 9.28. The molecule has 0 bridgehead atoms. The summed E-state index contributed by atoms with van der Waals surface area (Å²) in [5, 5.41) is 21.1. The second kappa shape index (κ2) is 6.77. The van der Waals surface area contributed by atoms with E-state index in [1.165, 1.54) is 29.1 Å². The van der Waals surface area contributed by atoms with Crippen molar-refractivity contribution < 1.29 is 19.1 Å². The predicted molar refractivity (Wildman–Crippen MR) is 107 cm³/mol. The molecular formula is C22H15FN4O3. The third-order valence-electron chi connectivity index (χ3n) is 5.22. The van der Waals surface area contributed by atoms with E-state index in [1.807, 2.05) is 0 Å². The van der Waals surface area contributed by atoms with Crippen molar-refractivity contribution in [1.29, 1.82) is 0 Å². The Morgan fingerprint density at radius 3 is 2.47 bits per heavy atom. The number of anilines is 1. The lowest BCUT2D eigenvalue weighted by atomic mass is 9.84. The second-order valence-corrected chi connectivity index (χ2v) is 7.09. The fourth-order valence-corrected chi connectivity index (χ4v) is 3.78. The Bertz CT molecular complexity index is 1300. The molecule has 0 radical (unpaired) electrons. The molecule has 3 aromatic carbocycles. The summed E-state index contributed by atoms with van der Waals surface area (Å²) in [6.45, 7) is 0. The van der Waals surface area contributed by atoms with Gasteiger partial charge in [0, 0.05) is 23.6 Å². The largest absolute Gasteiger partial charge is 0.478 e. The number of rotatable bonds is 3. The zero-order valence-electron chi connectivity index (χ0n) is 15.5. The number of nitrogens with one attached hydrogen (secondary N) is 1. The van der Waals surface area contributed by atoms with Crippen LogP contribution in [0.3, 0.4) is 0 Å². The number of amides is 1. The zero-order chi connectivity index (χ0) is 20.8. The Morgan fingerprint density at radius 1 is 1.03 bits per heavy atom. The van der Waals surface area contributed by atoms with Crippen LogP contribution in [-0.2, 0) is 4.79 Å². The van der Waals surface area contributed by atoms with Crippen molar-refractivity contribution >= 4 is 28.6 Å². The number of aromatic nitrogens is 3. The number of carboxylic acid groups (broad SMARTS) is 1. The van der Waals surface area contributed by atoms with Gasteiger partial charge in [0.15, 0.2) is 0 Å². The molecule has 0 spiro atoms. The molecule has 8 heteroatoms. The van der Waals surface area contributed by atoms with E-state index in [0.717, 1.165) is 11.1 Å². The summed E-state index contributed by atoms with van der Waals surface area (Å²) in [6.07, 6.45) is 0.210. The van der Waals surface area contributed by atoms with E-state index >= 15 is 0 Å². The van der Waals surface area contributed by atoms with Gasteiger partial charge in [-0.25, -0.2) is 9.18 Å². The smallest absolute Gasteiger partial charge is 0.335 e. The number of aromatic carboxylic acids is 1. The quantitative estimate of drug-likeness (QED) is 0.544. The molecule has 1 amide bonds. The van der Waals surface area contributed by atoms with Crippen molar-refractivity contribution in [2.24, 2.45) is 0 Å². The first kappa shape index (κ1) is 18.0. The number of carbonyl (C=O) groups excluding carboxylic acids is 1. The van der Waals surface area contributed by atoms with Gasteiger partial charge in [0.25, 0.3) is 0 Å². The highest BCUT2D eigenvalue weighted by Crippen LogP contribution is 2.40. The monoisotopic (exact) mass is 402 g/mol. The molecular weight excluding hydrogens is 387 g/mol. The van der Waals surface area contributed by atoms with E-state index in [0.29, 0.717) is 22.4 Å². The van der Waals surface area contributed by atoms with Gasteiger partial charge >= 0.3 is 5.97 Å². The Morgan fingerprint density at radius 2 is 1.77 bits per heavy atom. The molecule has 30 heavy (non-hydrogen) atoms. The van der Waals surface area contributed by atoms with Gasteiger partial charge in [-0.15, -0.1) is 10.2 Å². The maximum Gasteiger partial charge on any atom is 0.335 e. The van der Waals surface area contributed by atoms with Gasteiger partial charge in [-0.3, -0.25) is 4.79 Å². The van der Waals surface area contributed by atoms with Crippen molar-refractivity contribution in [2.45, 2.75) is 12.3 Å². The first-order chi connectivity index (χ1) is 14.5. The minimum Gasteiger partial charge on any atom is -0.478 e. The van der Waals surface area contributed by atoms with E-state index in [2.05, 4.69) is 15.5 Å². The highest BCUT2D eigenvalue weighted by molar-refractivity contribution is 6.00. The van der Waals surface area contributed by atoms with Crippen molar-refractivity contribution in [3.63, 3.8) is 0 Å². The van der Waals surface area contributed by atoms with Crippen molar-refractivity contribution in [2.75, 3.05) is 5.32 Å². The number of fused-ring (bicyclic) bond motifs is 3. The molecule has 1 aliphatic rings. The molecule has 4 aromatic rings. The standard InChI is InChI=1S/C22H15FN4O3/c23-14-5-7-15(8-6-14)27-25-18-10-9-17-20(21(18)26-27)16(11-19(28)24-17)12-1-3-13(4-2-12)22(29)30/h1-10,16H,11H2,(H,24,28)(H,29,30). The van der Waals surface area contributed by atoms with Gasteiger partial charge in [-0.05, 0) is 54.1 Å². The summed E-state index contributed by atoms with van der Waals surface area (Å²) < 4.78 is 13.3. The van der Waals surface area contributed by atoms with Crippen LogP contribution in [0.2, 0.25) is 0 Å². The lowest BCUT2D eigenvalue weighted by Crippen LogP contribution is -2.23. The fraction of sp³-hybridized carbons (Fsp3) is 0.0909. The highest BCUT2D eigenvalue weighted by Gasteiger charge is 2.30. The van der Waals surface area contributed by atoms with Gasteiger partial charge in [-0.2, -0.15) is 4.80 Å². The minimum absolute atomic E-state index is 0.125. The van der Waals surface area contributed by atoms with Crippen LogP contribution >= 0.6 is 0 Å². The van der Waals surface area contributed by atoms with Crippen LogP contribution in [0.5, 0.6) is 0 Å². The zero-order valence-corrected chi connectivity index (χ0v) is 15.5. The molecule has 1 aromatic heterocycles. The number of benzene rings is 3. The van der Waals surface area contributed by atoms with Crippen molar-refractivity contribution in [3.05, 3.63) is 83.2 Å². The average Bonchev–Trinajstić information content (AvgIpc) is 3.18. The molecule has 0 fully saturated rings. The molecule has 148 valence electrons. The summed E-state index contributed by atoms with van der Waals surface area (Å²) in [7, 11) is 0. The van der Waals surface area contributed by atoms with E-state index in [9.17, 15) is 14.0 Å². The summed E-state index contributed by atoms with van der Waals surface area (Å²) in [5.41, 5.74) is 4.36. The summed E-state index contributed by atoms with van der Waals surface area (Å²) >= 11 is 0. The number of hydrogen-bond donors (Lipinski definition) is 2. The SMILES string of the molecule is O=C1CC(c2ccc(C(=O)O)cc2)c2c(ccc3nn(-c4ccc(F)cc4)nc23)N1. The topological polar surface area (TPSA) is 97.1 Å². The minimum atomic E-state index is -1.01. The molecule has 2 heterocycles. The van der Waals surface area contributed by atoms with E-state index in [1.54, 1.807) is 36.4 Å². The predicted octanol–water partition coefficient (Wildman–Crippen LogP) is 3.73. The Labute approximate surface area is 169 Å². The fourth-order valence-electron chi connectivity index (χ4n) is 3.78. The summed E-state index contributed by atoms with van der Waals surface area (Å²) in [5.74, 6) is -1.77. The number of hydrogen-bond acceptors (Lipinski definition) is 4. The second-order valence-electron chi connectivity index (χ2n) is 7.09. The lowest BCUT2D eigenvalue weighted by molar-refractivity contribution is -0.116. The van der Waals surface area contributed by atoms with E-state index < -0.39 is 5.97 Å². The molecule has 1 atom stereocenters. The molecule has 0 aliphatic carbocycles. The van der Waals surface area contributed by atoms with Crippen molar-refractivity contribution in [3.8, 4) is 5.69 Å². The molecule has 0 saturated heterocycles. The summed E-state index contributed by atoms with van der Waals surface area (Å²) in [4.78, 5) is 24.9. The van der Waals surface area contributed by atoms with Crippen LogP contribution in [0.15, 0.2) is 60.7 Å². The molecule has 0 saturated carbocycles. The van der Waals surface area contributed by atoms with Crippen LogP contribution in [0.4, 0.5) is 10.1 Å². The normalized spacial score (nSPS) is 15.6. The van der Waals surface area contributed by atoms with Gasteiger partial charge in [0.2, 0.25) is 5.91 Å². The van der Waals surface area contributed by atoms with Gasteiger partial charge in [0.05, 0.1) is 11.3 Å². The molecule has 1 unspecified atom stereocenters. The van der Waals surface area contributed by atoms with E-state index in [-0.39, 0.29) is 29.6 Å². The lowest BCUT2D eigenvalue weighted by Gasteiger charge is -2.26. The van der Waals surface area contributed by atoms with Crippen LogP contribution < -0.4 is 5.32 Å². The molecule has 1 aliphatic heterocycles. The Hall–Kier alpha value is -4.07. The Balaban J connectivity index is 1.66. The maximum atomic E-state index is 13.3. The maximum absolute atomic E-state index is 13.3. The summed E-state index contributed by atoms with van der Waals surface area (Å²) in [6, 6.07) is 15.9. The first-order valence-corrected chi connectivity index (χ1v) is 9.28. The number of halogens is 1. The van der Waals surface area contributed by atoms with Gasteiger partial charge in [0.1, 0.15) is 16.9 Å². The molecule has 2 N–H and O–H groups in total. The highest BCUT2D eigenvalue weighted by atomic mass is 19.1. The molecule has 5 rings (SSSR count). The van der Waals surface area contributed by atoms with Crippen LogP contribution in [0, 0.1) is 5.82 Å². The van der Waals surface area contributed by atoms with Crippen LogP contribution in [0.1, 0.15) is 33.8 Å². The van der Waals surface area contributed by atoms with Crippen molar-refractivity contribution in [1.82, 2.24) is 15.0 Å². The average molecular weight is 402 g/mol. The third-order valence-corrected chi connectivity index (χ3v) is 5.22.